The lowest BCUT2D eigenvalue weighted by Crippen LogP contribution is -2.18. The first kappa shape index (κ1) is 8.25. The molecule has 60 valence electrons. The molecule has 0 radical (unpaired) electrons. The molecule has 1 rings (SSSR count). The summed E-state index contributed by atoms with van der Waals surface area (Å²) in [4.78, 5) is 0. The van der Waals surface area contributed by atoms with Crippen molar-refractivity contribution in [3.8, 4) is 0 Å². The molecule has 1 aliphatic rings. The molecule has 0 heterocycles. The molecule has 0 aromatic rings. The van der Waals surface area contributed by atoms with E-state index in [0.29, 0.717) is 11.8 Å². The van der Waals surface area contributed by atoms with Crippen molar-refractivity contribution < 1.29 is 0 Å². The lowest BCUT2D eigenvalue weighted by molar-refractivity contribution is 0.503. The predicted molar refractivity (Wildman–Crippen MR) is 49.0 cm³/mol. The van der Waals surface area contributed by atoms with E-state index in [1.807, 2.05) is 18.2 Å². The SMILES string of the molecule is CCC(C)C1C=CC=CC1=N. The highest BCUT2D eigenvalue weighted by Gasteiger charge is 2.16. The monoisotopic (exact) mass is 149 g/mol. The molecule has 1 aliphatic carbocycles. The normalized spacial score (nSPS) is 25.6. The van der Waals surface area contributed by atoms with Gasteiger partial charge in [-0.2, -0.15) is 0 Å². The van der Waals surface area contributed by atoms with E-state index in [4.69, 9.17) is 5.41 Å². The first-order valence-corrected chi connectivity index (χ1v) is 4.19. The van der Waals surface area contributed by atoms with E-state index in [9.17, 15) is 0 Å². The summed E-state index contributed by atoms with van der Waals surface area (Å²) in [5.41, 5.74) is 0.752. The highest BCUT2D eigenvalue weighted by Crippen LogP contribution is 2.20. The Labute approximate surface area is 68.3 Å². The first-order valence-electron chi connectivity index (χ1n) is 4.19. The number of nitrogens with one attached hydrogen (secondary N) is 1. The summed E-state index contributed by atoms with van der Waals surface area (Å²) in [7, 11) is 0. The van der Waals surface area contributed by atoms with Gasteiger partial charge in [-0.15, -0.1) is 0 Å². The molecule has 0 saturated carbocycles. The second-order valence-corrected chi connectivity index (χ2v) is 3.11. The van der Waals surface area contributed by atoms with Gasteiger partial charge in [-0.3, -0.25) is 0 Å². The summed E-state index contributed by atoms with van der Waals surface area (Å²) in [6.45, 7) is 4.37. The molecule has 0 bridgehead atoms. The summed E-state index contributed by atoms with van der Waals surface area (Å²) >= 11 is 0. The Morgan fingerprint density at radius 3 is 2.82 bits per heavy atom. The minimum atomic E-state index is 0.352. The molecular formula is C10H15N. The number of hydrogen-bond donors (Lipinski definition) is 1. The van der Waals surface area contributed by atoms with Gasteiger partial charge in [-0.25, -0.2) is 0 Å². The van der Waals surface area contributed by atoms with E-state index in [1.165, 1.54) is 0 Å². The fourth-order valence-corrected chi connectivity index (χ4v) is 1.31. The average Bonchev–Trinajstić information content (AvgIpc) is 2.04. The maximum Gasteiger partial charge on any atom is 0.0385 e. The van der Waals surface area contributed by atoms with Gasteiger partial charge < -0.3 is 5.41 Å². The van der Waals surface area contributed by atoms with E-state index in [-0.39, 0.29) is 0 Å². The topological polar surface area (TPSA) is 23.9 Å². The summed E-state index contributed by atoms with van der Waals surface area (Å²) in [5, 5.41) is 7.64. The average molecular weight is 149 g/mol. The van der Waals surface area contributed by atoms with Gasteiger partial charge in [0.25, 0.3) is 0 Å². The van der Waals surface area contributed by atoms with E-state index < -0.39 is 0 Å². The van der Waals surface area contributed by atoms with E-state index in [1.54, 1.807) is 0 Å². The van der Waals surface area contributed by atoms with Crippen molar-refractivity contribution >= 4 is 5.71 Å². The third-order valence-electron chi connectivity index (χ3n) is 2.32. The van der Waals surface area contributed by atoms with Crippen LogP contribution in [0, 0.1) is 17.2 Å². The van der Waals surface area contributed by atoms with Gasteiger partial charge in [0.2, 0.25) is 0 Å². The quantitative estimate of drug-likeness (QED) is 0.624. The highest BCUT2D eigenvalue weighted by atomic mass is 14.4. The number of allylic oxidation sites excluding steroid dienone is 4. The molecule has 0 saturated heterocycles. The zero-order chi connectivity index (χ0) is 8.27. The summed E-state index contributed by atoms with van der Waals surface area (Å²) < 4.78 is 0. The van der Waals surface area contributed by atoms with Crippen LogP contribution in [0.4, 0.5) is 0 Å². The van der Waals surface area contributed by atoms with Crippen LogP contribution in [0.25, 0.3) is 0 Å². The fourth-order valence-electron chi connectivity index (χ4n) is 1.31. The van der Waals surface area contributed by atoms with Gasteiger partial charge in [0.15, 0.2) is 0 Å². The van der Waals surface area contributed by atoms with Crippen molar-refractivity contribution in [2.45, 2.75) is 20.3 Å². The van der Waals surface area contributed by atoms with Crippen molar-refractivity contribution in [1.29, 1.82) is 5.41 Å². The molecule has 11 heavy (non-hydrogen) atoms. The predicted octanol–water partition coefficient (Wildman–Crippen LogP) is 2.79. The molecule has 0 aromatic heterocycles. The second-order valence-electron chi connectivity index (χ2n) is 3.11. The molecule has 2 unspecified atom stereocenters. The smallest absolute Gasteiger partial charge is 0.0385 e. The zero-order valence-electron chi connectivity index (χ0n) is 7.17. The maximum absolute atomic E-state index is 7.64. The molecule has 1 heteroatoms. The van der Waals surface area contributed by atoms with Crippen LogP contribution < -0.4 is 0 Å². The second kappa shape index (κ2) is 3.51. The molecule has 0 aromatic carbocycles. The Morgan fingerprint density at radius 1 is 1.55 bits per heavy atom. The Bertz CT molecular complexity index is 201. The van der Waals surface area contributed by atoms with Crippen molar-refractivity contribution in [3.05, 3.63) is 24.3 Å². The summed E-state index contributed by atoms with van der Waals surface area (Å²) in [6, 6.07) is 0. The Morgan fingerprint density at radius 2 is 2.27 bits per heavy atom. The van der Waals surface area contributed by atoms with Gasteiger partial charge in [-0.05, 0) is 12.0 Å². The van der Waals surface area contributed by atoms with Crippen LogP contribution in [0.5, 0.6) is 0 Å². The van der Waals surface area contributed by atoms with Crippen molar-refractivity contribution in [1.82, 2.24) is 0 Å². The van der Waals surface area contributed by atoms with E-state index in [2.05, 4.69) is 19.9 Å². The Hall–Kier alpha value is -0.850. The van der Waals surface area contributed by atoms with Gasteiger partial charge in [0.1, 0.15) is 0 Å². The first-order chi connectivity index (χ1) is 5.25. The lowest BCUT2D eigenvalue weighted by atomic mass is 9.85. The zero-order valence-corrected chi connectivity index (χ0v) is 7.17. The largest absolute Gasteiger partial charge is 0.305 e. The highest BCUT2D eigenvalue weighted by molar-refractivity contribution is 5.96. The van der Waals surface area contributed by atoms with Crippen LogP contribution >= 0.6 is 0 Å². The molecular weight excluding hydrogens is 134 g/mol. The number of hydrogen-bond acceptors (Lipinski definition) is 1. The molecule has 2 atom stereocenters. The minimum Gasteiger partial charge on any atom is -0.305 e. The molecule has 0 spiro atoms. The van der Waals surface area contributed by atoms with Crippen molar-refractivity contribution in [3.63, 3.8) is 0 Å². The number of rotatable bonds is 2. The van der Waals surface area contributed by atoms with Gasteiger partial charge in [0, 0.05) is 11.6 Å². The standard InChI is InChI=1S/C10H15N/c1-3-8(2)9-6-4-5-7-10(9)11/h4-9,11H,3H2,1-2H3. The Balaban J connectivity index is 2.65. The van der Waals surface area contributed by atoms with E-state index >= 15 is 0 Å². The lowest BCUT2D eigenvalue weighted by Gasteiger charge is -2.20. The van der Waals surface area contributed by atoms with Crippen LogP contribution in [0.15, 0.2) is 24.3 Å². The maximum atomic E-state index is 7.64. The van der Waals surface area contributed by atoms with Gasteiger partial charge in [-0.1, -0.05) is 38.5 Å². The molecule has 0 aliphatic heterocycles. The van der Waals surface area contributed by atoms with Gasteiger partial charge >= 0.3 is 0 Å². The van der Waals surface area contributed by atoms with Crippen LogP contribution in [-0.4, -0.2) is 5.71 Å². The van der Waals surface area contributed by atoms with Crippen LogP contribution in [0.2, 0.25) is 0 Å². The summed E-state index contributed by atoms with van der Waals surface area (Å²) in [5.74, 6) is 0.952. The van der Waals surface area contributed by atoms with Crippen LogP contribution in [0.1, 0.15) is 20.3 Å². The van der Waals surface area contributed by atoms with Crippen molar-refractivity contribution in [2.75, 3.05) is 0 Å². The van der Waals surface area contributed by atoms with E-state index in [0.717, 1.165) is 12.1 Å². The Kier molecular flexibility index (Phi) is 2.64. The third kappa shape index (κ3) is 1.79. The molecule has 0 fully saturated rings. The molecule has 1 nitrogen and oxygen atoms in total. The van der Waals surface area contributed by atoms with Crippen LogP contribution in [-0.2, 0) is 0 Å². The summed E-state index contributed by atoms with van der Waals surface area (Å²) in [6.07, 6.45) is 9.12. The molecule has 0 amide bonds. The van der Waals surface area contributed by atoms with Gasteiger partial charge in [0.05, 0.1) is 0 Å². The van der Waals surface area contributed by atoms with Crippen molar-refractivity contribution in [2.24, 2.45) is 11.8 Å². The third-order valence-corrected chi connectivity index (χ3v) is 2.32. The molecule has 1 N–H and O–H groups in total. The van der Waals surface area contributed by atoms with Crippen LogP contribution in [0.3, 0.4) is 0 Å². The fraction of sp³-hybridized carbons (Fsp3) is 0.500. The minimum absolute atomic E-state index is 0.352.